The van der Waals surface area contributed by atoms with Gasteiger partial charge in [0.25, 0.3) is 11.9 Å². The molecule has 2 aromatic heterocycles. The number of nitrogens with zero attached hydrogens (tertiary/aromatic N) is 5. The summed E-state index contributed by atoms with van der Waals surface area (Å²) in [4.78, 5) is 17.0. The molecule has 2 aromatic carbocycles. The average molecular weight is 439 g/mol. The van der Waals surface area contributed by atoms with Gasteiger partial charge in [-0.25, -0.2) is 8.42 Å². The molecule has 0 fully saturated rings. The van der Waals surface area contributed by atoms with Crippen LogP contribution in [-0.2, 0) is 17.1 Å². The molecule has 9 nitrogen and oxygen atoms in total. The van der Waals surface area contributed by atoms with Gasteiger partial charge < -0.3 is 4.57 Å². The maximum absolute atomic E-state index is 12.9. The van der Waals surface area contributed by atoms with Crippen molar-refractivity contribution in [1.82, 2.24) is 24.1 Å². The largest absolute Gasteiger partial charge is 0.327 e. The molecule has 0 bridgehead atoms. The van der Waals surface area contributed by atoms with Crippen molar-refractivity contribution in [3.63, 3.8) is 0 Å². The molecule has 0 spiro atoms. The van der Waals surface area contributed by atoms with E-state index in [9.17, 15) is 13.2 Å². The average Bonchev–Trinajstić information content (AvgIpc) is 3.06. The van der Waals surface area contributed by atoms with Crippen molar-refractivity contribution in [2.45, 2.75) is 18.7 Å². The number of anilines is 1. The van der Waals surface area contributed by atoms with Crippen LogP contribution in [0.4, 0.5) is 5.95 Å². The third-order valence-electron chi connectivity index (χ3n) is 5.18. The highest BCUT2D eigenvalue weighted by molar-refractivity contribution is 7.89. The summed E-state index contributed by atoms with van der Waals surface area (Å²) in [5.74, 6) is -0.267. The molecule has 0 saturated carbocycles. The molecule has 0 atom stereocenters. The summed E-state index contributed by atoms with van der Waals surface area (Å²) in [7, 11) is -1.80. The van der Waals surface area contributed by atoms with Crippen molar-refractivity contribution in [3.8, 4) is 0 Å². The molecule has 0 saturated heterocycles. The number of amides is 1. The van der Waals surface area contributed by atoms with Crippen LogP contribution in [0.1, 0.15) is 24.2 Å². The van der Waals surface area contributed by atoms with E-state index in [0.29, 0.717) is 35.2 Å². The standard InChI is InChI=1S/C21H22N6O3S/c1-4-27(5-2)31(29,30)15-11-12-17-16(13-15)18-19(26(17)3)22-21(25-24-18)23-20(28)14-9-7-6-8-10-14/h6-13H,4-5H2,1-3H3,(H,22,23,25,28). The molecule has 0 aliphatic carbocycles. The fourth-order valence-electron chi connectivity index (χ4n) is 3.53. The number of benzene rings is 2. The molecule has 0 aliphatic heterocycles. The Kier molecular flexibility index (Phi) is 5.42. The fourth-order valence-corrected chi connectivity index (χ4v) is 5.01. The Morgan fingerprint density at radius 1 is 1.06 bits per heavy atom. The highest BCUT2D eigenvalue weighted by atomic mass is 32.2. The van der Waals surface area contributed by atoms with Gasteiger partial charge in [0.05, 0.1) is 10.4 Å². The third-order valence-corrected chi connectivity index (χ3v) is 7.22. The Labute approximate surface area is 179 Å². The summed E-state index contributed by atoms with van der Waals surface area (Å²) in [6, 6.07) is 13.7. The highest BCUT2D eigenvalue weighted by Gasteiger charge is 2.23. The van der Waals surface area contributed by atoms with Gasteiger partial charge in [-0.05, 0) is 30.3 Å². The molecule has 160 valence electrons. The second-order valence-corrected chi connectivity index (χ2v) is 8.89. The molecule has 0 aliphatic rings. The lowest BCUT2D eigenvalue weighted by molar-refractivity contribution is 0.102. The molecule has 1 amide bonds. The summed E-state index contributed by atoms with van der Waals surface area (Å²) in [5.41, 5.74) is 2.20. The lowest BCUT2D eigenvalue weighted by Crippen LogP contribution is -2.30. The molecule has 31 heavy (non-hydrogen) atoms. The Morgan fingerprint density at radius 2 is 1.77 bits per heavy atom. The zero-order chi connectivity index (χ0) is 22.2. The lowest BCUT2D eigenvalue weighted by Gasteiger charge is -2.18. The third kappa shape index (κ3) is 3.64. The van der Waals surface area contributed by atoms with Gasteiger partial charge >= 0.3 is 0 Å². The normalized spacial score (nSPS) is 12.0. The van der Waals surface area contributed by atoms with Crippen LogP contribution in [-0.4, -0.2) is 51.5 Å². The Balaban J connectivity index is 1.77. The Morgan fingerprint density at radius 3 is 2.45 bits per heavy atom. The van der Waals surface area contributed by atoms with Crippen LogP contribution in [0, 0.1) is 0 Å². The summed E-state index contributed by atoms with van der Waals surface area (Å²) in [5, 5.41) is 11.5. The van der Waals surface area contributed by atoms with Crippen molar-refractivity contribution in [2.75, 3.05) is 18.4 Å². The molecule has 1 N–H and O–H groups in total. The molecule has 4 rings (SSSR count). The molecule has 2 heterocycles. The number of hydrogen-bond acceptors (Lipinski definition) is 6. The number of aromatic nitrogens is 4. The first-order valence-corrected chi connectivity index (χ1v) is 11.3. The summed E-state index contributed by atoms with van der Waals surface area (Å²) in [6.07, 6.45) is 0. The first kappa shape index (κ1) is 20.9. The van der Waals surface area contributed by atoms with E-state index in [-0.39, 0.29) is 16.8 Å². The first-order chi connectivity index (χ1) is 14.9. The van der Waals surface area contributed by atoms with E-state index >= 15 is 0 Å². The Bertz CT molecular complexity index is 1380. The maximum Gasteiger partial charge on any atom is 0.258 e. The first-order valence-electron chi connectivity index (χ1n) is 9.86. The molecular formula is C21H22N6O3S. The smallest absolute Gasteiger partial charge is 0.258 e. The minimum absolute atomic E-state index is 0.0724. The van der Waals surface area contributed by atoms with E-state index < -0.39 is 10.0 Å². The second kappa shape index (κ2) is 8.05. The number of sulfonamides is 1. The van der Waals surface area contributed by atoms with E-state index in [0.717, 1.165) is 5.52 Å². The second-order valence-electron chi connectivity index (χ2n) is 6.96. The van der Waals surface area contributed by atoms with Gasteiger partial charge in [-0.2, -0.15) is 9.29 Å². The zero-order valence-corrected chi connectivity index (χ0v) is 18.2. The van der Waals surface area contributed by atoms with Crippen LogP contribution in [0.3, 0.4) is 0 Å². The number of rotatable bonds is 6. The maximum atomic E-state index is 12.9. The van der Waals surface area contributed by atoms with Gasteiger partial charge in [-0.3, -0.25) is 10.1 Å². The Hall–Kier alpha value is -3.37. The van der Waals surface area contributed by atoms with Crippen LogP contribution in [0.2, 0.25) is 0 Å². The fraction of sp³-hybridized carbons (Fsp3) is 0.238. The van der Waals surface area contributed by atoms with Crippen molar-refractivity contribution in [2.24, 2.45) is 7.05 Å². The number of hydrogen-bond donors (Lipinski definition) is 1. The lowest BCUT2D eigenvalue weighted by atomic mass is 10.2. The molecular weight excluding hydrogens is 416 g/mol. The minimum atomic E-state index is -3.61. The monoisotopic (exact) mass is 438 g/mol. The van der Waals surface area contributed by atoms with Crippen molar-refractivity contribution < 1.29 is 13.2 Å². The van der Waals surface area contributed by atoms with Crippen LogP contribution >= 0.6 is 0 Å². The molecule has 4 aromatic rings. The van der Waals surface area contributed by atoms with E-state index in [4.69, 9.17) is 0 Å². The topological polar surface area (TPSA) is 110 Å². The van der Waals surface area contributed by atoms with Crippen molar-refractivity contribution >= 4 is 43.9 Å². The SMILES string of the molecule is CCN(CC)S(=O)(=O)c1ccc2c(c1)c1nnc(NC(=O)c3ccccc3)nc1n2C. The van der Waals surface area contributed by atoms with Crippen LogP contribution in [0.25, 0.3) is 22.1 Å². The molecule has 0 unspecified atom stereocenters. The summed E-state index contributed by atoms with van der Waals surface area (Å²) >= 11 is 0. The predicted molar refractivity (Wildman–Crippen MR) is 118 cm³/mol. The summed E-state index contributed by atoms with van der Waals surface area (Å²) in [6.45, 7) is 4.38. The van der Waals surface area contributed by atoms with Gasteiger partial charge in [0.2, 0.25) is 10.0 Å². The van der Waals surface area contributed by atoms with Crippen molar-refractivity contribution in [1.29, 1.82) is 0 Å². The number of carbonyl (C=O) groups excluding carboxylic acids is 1. The number of nitrogens with one attached hydrogen (secondary N) is 1. The van der Waals surface area contributed by atoms with E-state index in [2.05, 4.69) is 20.5 Å². The number of aryl methyl sites for hydroxylation is 1. The van der Waals surface area contributed by atoms with Gasteiger partial charge in [-0.15, -0.1) is 10.2 Å². The molecule has 10 heteroatoms. The zero-order valence-electron chi connectivity index (χ0n) is 17.4. The van der Waals surface area contributed by atoms with E-state index in [1.54, 1.807) is 67.9 Å². The van der Waals surface area contributed by atoms with E-state index in [1.807, 2.05) is 6.07 Å². The van der Waals surface area contributed by atoms with Gasteiger partial charge in [0.15, 0.2) is 5.65 Å². The number of fused-ring (bicyclic) bond motifs is 3. The highest BCUT2D eigenvalue weighted by Crippen LogP contribution is 2.29. The van der Waals surface area contributed by atoms with Crippen LogP contribution in [0.15, 0.2) is 53.4 Å². The number of carbonyl (C=O) groups is 1. The minimum Gasteiger partial charge on any atom is -0.327 e. The quantitative estimate of drug-likeness (QED) is 0.496. The van der Waals surface area contributed by atoms with Gasteiger partial charge in [0, 0.05) is 31.1 Å². The van der Waals surface area contributed by atoms with Crippen molar-refractivity contribution in [3.05, 3.63) is 54.1 Å². The van der Waals surface area contributed by atoms with Crippen LogP contribution < -0.4 is 5.32 Å². The summed E-state index contributed by atoms with van der Waals surface area (Å²) < 4.78 is 29.0. The van der Waals surface area contributed by atoms with Gasteiger partial charge in [-0.1, -0.05) is 32.0 Å². The van der Waals surface area contributed by atoms with Gasteiger partial charge in [0.1, 0.15) is 5.52 Å². The van der Waals surface area contributed by atoms with E-state index in [1.165, 1.54) is 4.31 Å². The molecule has 0 radical (unpaired) electrons. The van der Waals surface area contributed by atoms with Crippen LogP contribution in [0.5, 0.6) is 0 Å². The predicted octanol–water partition coefficient (Wildman–Crippen LogP) is 2.80.